The fourth-order valence-corrected chi connectivity index (χ4v) is 3.31. The highest BCUT2D eigenvalue weighted by Gasteiger charge is 2.16. The summed E-state index contributed by atoms with van der Waals surface area (Å²) >= 11 is 1.67. The number of rotatable bonds is 4. The molecule has 0 saturated heterocycles. The Kier molecular flexibility index (Phi) is 5.01. The predicted molar refractivity (Wildman–Crippen MR) is 75.8 cm³/mol. The number of carbonyl (C=O) groups is 1. The Morgan fingerprint density at radius 1 is 1.47 bits per heavy atom. The molecule has 0 bridgehead atoms. The van der Waals surface area contributed by atoms with Crippen LogP contribution in [0, 0.1) is 6.92 Å². The normalized spacial score (nSPS) is 21.6. The van der Waals surface area contributed by atoms with Crippen LogP contribution in [-0.4, -0.2) is 25.9 Å². The van der Waals surface area contributed by atoms with Gasteiger partial charge in [-0.1, -0.05) is 36.8 Å². The van der Waals surface area contributed by atoms with Gasteiger partial charge in [-0.2, -0.15) is 0 Å². The molecule has 5 nitrogen and oxygen atoms in total. The molecule has 0 spiro atoms. The second kappa shape index (κ2) is 6.75. The van der Waals surface area contributed by atoms with E-state index in [-0.39, 0.29) is 12.5 Å². The lowest BCUT2D eigenvalue weighted by Gasteiger charge is -2.14. The van der Waals surface area contributed by atoms with Gasteiger partial charge >= 0.3 is 0 Å². The molecular weight excluding hydrogens is 260 g/mol. The molecule has 2 rings (SSSR count). The highest BCUT2D eigenvalue weighted by atomic mass is 32.2. The molecule has 1 heterocycles. The molecule has 0 aromatic carbocycles. The van der Waals surface area contributed by atoms with Crippen molar-refractivity contribution >= 4 is 17.7 Å². The molecule has 1 amide bonds. The van der Waals surface area contributed by atoms with E-state index in [1.54, 1.807) is 16.3 Å². The van der Waals surface area contributed by atoms with Crippen LogP contribution in [0.25, 0.3) is 0 Å². The van der Waals surface area contributed by atoms with E-state index in [0.29, 0.717) is 5.25 Å². The molecule has 1 unspecified atom stereocenters. The molecule has 1 aliphatic rings. The topological polar surface area (TPSA) is 73.8 Å². The van der Waals surface area contributed by atoms with E-state index in [9.17, 15) is 4.79 Å². The highest BCUT2D eigenvalue weighted by molar-refractivity contribution is 7.99. The zero-order chi connectivity index (χ0) is 13.7. The Bertz CT molecular complexity index is 469. The summed E-state index contributed by atoms with van der Waals surface area (Å²) in [5, 5.41) is 9.38. The summed E-state index contributed by atoms with van der Waals surface area (Å²) in [5.74, 6) is 0.370. The van der Waals surface area contributed by atoms with Gasteiger partial charge in [-0.05, 0) is 26.2 Å². The first-order valence-corrected chi connectivity index (χ1v) is 7.56. The number of aromatic nitrogens is 3. The first-order chi connectivity index (χ1) is 9.16. The summed E-state index contributed by atoms with van der Waals surface area (Å²) in [6.07, 6.45) is 10.6. The van der Waals surface area contributed by atoms with E-state index in [0.717, 1.165) is 23.8 Å². The van der Waals surface area contributed by atoms with Crippen molar-refractivity contribution in [1.29, 1.82) is 0 Å². The summed E-state index contributed by atoms with van der Waals surface area (Å²) in [4.78, 5) is 11.1. The molecule has 0 saturated carbocycles. The Labute approximate surface area is 117 Å². The zero-order valence-electron chi connectivity index (χ0n) is 11.2. The molecule has 2 N–H and O–H groups in total. The number of aryl methyl sites for hydroxylation is 1. The fourth-order valence-electron chi connectivity index (χ4n) is 2.15. The SMILES string of the molecule is Cc1nnc(SC2/C=C\CCCCC2)n1CC(N)=O. The maximum Gasteiger partial charge on any atom is 0.237 e. The van der Waals surface area contributed by atoms with Crippen molar-refractivity contribution in [3.05, 3.63) is 18.0 Å². The molecule has 104 valence electrons. The number of amides is 1. The molecule has 0 radical (unpaired) electrons. The van der Waals surface area contributed by atoms with Crippen molar-refractivity contribution < 1.29 is 4.79 Å². The largest absolute Gasteiger partial charge is 0.368 e. The number of nitrogens with two attached hydrogens (primary N) is 1. The number of thioether (sulfide) groups is 1. The van der Waals surface area contributed by atoms with E-state index >= 15 is 0 Å². The Hall–Kier alpha value is -1.30. The number of primary amides is 1. The van der Waals surface area contributed by atoms with Crippen LogP contribution in [0.1, 0.15) is 37.9 Å². The van der Waals surface area contributed by atoms with Crippen LogP contribution in [0.15, 0.2) is 17.3 Å². The van der Waals surface area contributed by atoms with Gasteiger partial charge in [0.25, 0.3) is 0 Å². The highest BCUT2D eigenvalue weighted by Crippen LogP contribution is 2.28. The third kappa shape index (κ3) is 4.09. The van der Waals surface area contributed by atoms with Crippen LogP contribution >= 0.6 is 11.8 Å². The summed E-state index contributed by atoms with van der Waals surface area (Å²) in [6, 6.07) is 0. The van der Waals surface area contributed by atoms with Gasteiger partial charge < -0.3 is 5.73 Å². The summed E-state index contributed by atoms with van der Waals surface area (Å²) < 4.78 is 1.79. The molecule has 1 aliphatic carbocycles. The fraction of sp³-hybridized carbons (Fsp3) is 0.615. The standard InChI is InChI=1S/C13H20N4OS/c1-10-15-16-13(17(10)9-12(14)18)19-11-7-5-3-2-4-6-8-11/h5,7,11H,2-4,6,8-9H2,1H3,(H2,14,18)/b7-5-. The number of nitrogens with zero attached hydrogens (tertiary/aromatic N) is 3. The van der Waals surface area contributed by atoms with Gasteiger partial charge in [0.2, 0.25) is 5.91 Å². The van der Waals surface area contributed by atoms with Gasteiger partial charge in [0.1, 0.15) is 12.4 Å². The van der Waals surface area contributed by atoms with Crippen molar-refractivity contribution in [2.75, 3.05) is 0 Å². The van der Waals surface area contributed by atoms with Crippen LogP contribution < -0.4 is 5.73 Å². The van der Waals surface area contributed by atoms with Crippen LogP contribution in [0.4, 0.5) is 0 Å². The van der Waals surface area contributed by atoms with Crippen molar-refractivity contribution in [3.63, 3.8) is 0 Å². The summed E-state index contributed by atoms with van der Waals surface area (Å²) in [5.41, 5.74) is 5.26. The summed E-state index contributed by atoms with van der Waals surface area (Å²) in [6.45, 7) is 1.99. The molecule has 0 fully saturated rings. The van der Waals surface area contributed by atoms with E-state index in [1.807, 2.05) is 6.92 Å². The monoisotopic (exact) mass is 280 g/mol. The van der Waals surface area contributed by atoms with Crippen LogP contribution in [-0.2, 0) is 11.3 Å². The van der Waals surface area contributed by atoms with Gasteiger partial charge in [0, 0.05) is 5.25 Å². The van der Waals surface area contributed by atoms with E-state index < -0.39 is 0 Å². The Balaban J connectivity index is 2.09. The van der Waals surface area contributed by atoms with Gasteiger partial charge in [-0.3, -0.25) is 9.36 Å². The number of hydrogen-bond donors (Lipinski definition) is 1. The van der Waals surface area contributed by atoms with Gasteiger partial charge in [-0.15, -0.1) is 10.2 Å². The minimum atomic E-state index is -0.363. The minimum absolute atomic E-state index is 0.150. The molecule has 1 atom stereocenters. The average molecular weight is 280 g/mol. The van der Waals surface area contributed by atoms with Crippen LogP contribution in [0.3, 0.4) is 0 Å². The van der Waals surface area contributed by atoms with Crippen molar-refractivity contribution in [3.8, 4) is 0 Å². The predicted octanol–water partition coefficient (Wildman–Crippen LogP) is 2.05. The minimum Gasteiger partial charge on any atom is -0.368 e. The maximum absolute atomic E-state index is 11.1. The smallest absolute Gasteiger partial charge is 0.237 e. The first kappa shape index (κ1) is 14.1. The molecular formula is C13H20N4OS. The molecule has 6 heteroatoms. The number of allylic oxidation sites excluding steroid dienone is 1. The van der Waals surface area contributed by atoms with Gasteiger partial charge in [0.05, 0.1) is 0 Å². The van der Waals surface area contributed by atoms with E-state index in [4.69, 9.17) is 5.73 Å². The zero-order valence-corrected chi connectivity index (χ0v) is 12.0. The molecule has 1 aromatic heterocycles. The third-order valence-corrected chi connectivity index (χ3v) is 4.39. The van der Waals surface area contributed by atoms with Crippen molar-refractivity contribution in [2.24, 2.45) is 5.73 Å². The van der Waals surface area contributed by atoms with Crippen LogP contribution in [0.2, 0.25) is 0 Å². The lowest BCUT2D eigenvalue weighted by Crippen LogP contribution is -2.20. The third-order valence-electron chi connectivity index (χ3n) is 3.18. The van der Waals surface area contributed by atoms with E-state index in [2.05, 4.69) is 22.3 Å². The number of carbonyl (C=O) groups excluding carboxylic acids is 1. The second-order valence-corrected chi connectivity index (χ2v) is 6.01. The molecule has 19 heavy (non-hydrogen) atoms. The van der Waals surface area contributed by atoms with Gasteiger partial charge in [0.15, 0.2) is 5.16 Å². The maximum atomic E-state index is 11.1. The quantitative estimate of drug-likeness (QED) is 0.857. The molecule has 1 aromatic rings. The van der Waals surface area contributed by atoms with E-state index in [1.165, 1.54) is 19.3 Å². The Morgan fingerprint density at radius 3 is 3.11 bits per heavy atom. The average Bonchev–Trinajstić information content (AvgIpc) is 2.64. The summed E-state index contributed by atoms with van der Waals surface area (Å²) in [7, 11) is 0. The lowest BCUT2D eigenvalue weighted by molar-refractivity contribution is -0.118. The second-order valence-electron chi connectivity index (χ2n) is 4.80. The Morgan fingerprint density at radius 2 is 2.32 bits per heavy atom. The lowest BCUT2D eigenvalue weighted by atomic mass is 10.1. The van der Waals surface area contributed by atoms with Crippen LogP contribution in [0.5, 0.6) is 0 Å². The van der Waals surface area contributed by atoms with Crippen molar-refractivity contribution in [2.45, 2.75) is 56.0 Å². The molecule has 0 aliphatic heterocycles. The first-order valence-electron chi connectivity index (χ1n) is 6.68. The van der Waals surface area contributed by atoms with Crippen molar-refractivity contribution in [1.82, 2.24) is 14.8 Å². The number of hydrogen-bond acceptors (Lipinski definition) is 4. The van der Waals surface area contributed by atoms with Gasteiger partial charge in [-0.25, -0.2) is 0 Å².